The summed E-state index contributed by atoms with van der Waals surface area (Å²) in [5.74, 6) is 0.216. The molecule has 6 heterocycles. The minimum absolute atomic E-state index is 0.216. The fourth-order valence-corrected chi connectivity index (χ4v) is 4.18. The van der Waals surface area contributed by atoms with Crippen LogP contribution < -0.4 is 10.6 Å². The van der Waals surface area contributed by atoms with Gasteiger partial charge in [-0.3, -0.25) is 0 Å². The number of nitrogens with zero attached hydrogens (tertiary/aromatic N) is 5. The summed E-state index contributed by atoms with van der Waals surface area (Å²) in [7, 11) is 0. The van der Waals surface area contributed by atoms with Gasteiger partial charge in [-0.15, -0.1) is 5.10 Å². The minimum atomic E-state index is 0.216. The molecule has 0 spiro atoms. The van der Waals surface area contributed by atoms with Gasteiger partial charge in [0.1, 0.15) is 5.76 Å². The highest BCUT2D eigenvalue weighted by Gasteiger charge is 2.11. The summed E-state index contributed by atoms with van der Waals surface area (Å²) in [4.78, 5) is 17.4. The molecule has 0 atom stereocenters. The second-order valence-electron chi connectivity index (χ2n) is 7.53. The summed E-state index contributed by atoms with van der Waals surface area (Å²) < 4.78 is 3.88. The third-order valence-corrected chi connectivity index (χ3v) is 5.72. The molecule has 4 aliphatic rings. The second kappa shape index (κ2) is 7.51. The van der Waals surface area contributed by atoms with Crippen LogP contribution in [0, 0.1) is 0 Å². The van der Waals surface area contributed by atoms with Gasteiger partial charge in [0, 0.05) is 16.3 Å². The molecule has 0 aliphatic carbocycles. The zero-order valence-corrected chi connectivity index (χ0v) is 17.5. The lowest BCUT2D eigenvalue weighted by Gasteiger charge is -1.94. The molecule has 8 bridgehead atoms. The molecule has 0 fully saturated rings. The van der Waals surface area contributed by atoms with E-state index in [4.69, 9.17) is 0 Å². The van der Waals surface area contributed by atoms with Gasteiger partial charge in [-0.05, 0) is 78.4 Å². The molecule has 6 rings (SSSR count). The van der Waals surface area contributed by atoms with Crippen LogP contribution in [-0.2, 0) is 6.42 Å². The van der Waals surface area contributed by atoms with E-state index in [-0.39, 0.29) is 5.76 Å². The molecule has 0 amide bonds. The van der Waals surface area contributed by atoms with Crippen molar-refractivity contribution in [2.45, 2.75) is 6.42 Å². The van der Waals surface area contributed by atoms with Crippen molar-refractivity contribution in [3.05, 3.63) is 99.1 Å². The molecule has 0 unspecified atom stereocenters. The van der Waals surface area contributed by atoms with Crippen molar-refractivity contribution in [1.82, 2.24) is 14.6 Å². The normalized spacial score (nSPS) is 19.1. The van der Waals surface area contributed by atoms with Gasteiger partial charge in [0.25, 0.3) is 0 Å². The van der Waals surface area contributed by atoms with E-state index >= 15 is 0 Å². The Morgan fingerprint density at radius 1 is 0.812 bits per heavy atom. The maximum absolute atomic E-state index is 10.9. The molecule has 4 aliphatic heterocycles. The van der Waals surface area contributed by atoms with E-state index in [0.29, 0.717) is 11.6 Å². The van der Waals surface area contributed by atoms with Gasteiger partial charge in [-0.25, -0.2) is 15.0 Å². The van der Waals surface area contributed by atoms with Crippen LogP contribution in [0.1, 0.15) is 11.4 Å². The highest BCUT2D eigenvalue weighted by atomic mass is 32.1. The predicted molar refractivity (Wildman–Crippen MR) is 128 cm³/mol. The minimum Gasteiger partial charge on any atom is -0.511 e. The average Bonchev–Trinajstić information content (AvgIpc) is 3.57. The monoisotopic (exact) mass is 436 g/mol. The summed E-state index contributed by atoms with van der Waals surface area (Å²) in [6.07, 6.45) is 19.8. The number of rotatable bonds is 2. The first kappa shape index (κ1) is 18.6. The quantitative estimate of drug-likeness (QED) is 0.757. The SMILES string of the molecule is OC(Cc1csnn1)=c1cc2[nH]c1=CC1=NC(=CC3=NC(=CC4=NC(=C2)C=C4)C=C3)C=C1. The van der Waals surface area contributed by atoms with Crippen LogP contribution >= 0.6 is 11.5 Å². The Hall–Kier alpha value is -4.17. The number of allylic oxidation sites excluding steroid dienone is 8. The first-order valence-corrected chi connectivity index (χ1v) is 10.9. The summed E-state index contributed by atoms with van der Waals surface area (Å²) in [6.45, 7) is 0. The molecular weight excluding hydrogens is 420 g/mol. The van der Waals surface area contributed by atoms with E-state index in [1.54, 1.807) is 0 Å². The topological polar surface area (TPSA) is 98.9 Å². The third-order valence-electron chi connectivity index (χ3n) is 5.17. The summed E-state index contributed by atoms with van der Waals surface area (Å²) in [5.41, 5.74) is 6.52. The fourth-order valence-electron chi connectivity index (χ4n) is 3.73. The van der Waals surface area contributed by atoms with Crippen LogP contribution in [0.5, 0.6) is 0 Å². The zero-order valence-electron chi connectivity index (χ0n) is 16.7. The number of hydrogen-bond donors (Lipinski definition) is 2. The molecule has 154 valence electrons. The van der Waals surface area contributed by atoms with Gasteiger partial charge in [0.15, 0.2) is 0 Å². The molecule has 32 heavy (non-hydrogen) atoms. The maximum Gasteiger partial charge on any atom is 0.108 e. The van der Waals surface area contributed by atoms with Crippen LogP contribution in [0.25, 0.3) is 17.9 Å². The Morgan fingerprint density at radius 2 is 1.44 bits per heavy atom. The number of aromatic nitrogens is 3. The van der Waals surface area contributed by atoms with Crippen molar-refractivity contribution in [3.63, 3.8) is 0 Å². The van der Waals surface area contributed by atoms with E-state index in [1.807, 2.05) is 72.2 Å². The van der Waals surface area contributed by atoms with Crippen molar-refractivity contribution in [1.29, 1.82) is 0 Å². The Labute approximate surface area is 186 Å². The van der Waals surface area contributed by atoms with Gasteiger partial charge in [-0.1, -0.05) is 4.49 Å². The first-order chi connectivity index (χ1) is 15.7. The van der Waals surface area contributed by atoms with Crippen LogP contribution in [0.3, 0.4) is 0 Å². The van der Waals surface area contributed by atoms with Crippen molar-refractivity contribution in [2.24, 2.45) is 15.0 Å². The van der Waals surface area contributed by atoms with Crippen LogP contribution in [0.15, 0.2) is 92.1 Å². The number of aliphatic hydroxyl groups excluding tert-OH is 1. The molecule has 7 nitrogen and oxygen atoms in total. The molecule has 0 saturated heterocycles. The van der Waals surface area contributed by atoms with E-state index in [1.165, 1.54) is 11.5 Å². The van der Waals surface area contributed by atoms with Crippen molar-refractivity contribution in [2.75, 3.05) is 0 Å². The van der Waals surface area contributed by atoms with E-state index in [0.717, 1.165) is 51.0 Å². The van der Waals surface area contributed by atoms with Gasteiger partial charge >= 0.3 is 0 Å². The Morgan fingerprint density at radius 3 is 2.06 bits per heavy atom. The number of H-pyrrole nitrogens is 1. The highest BCUT2D eigenvalue weighted by molar-refractivity contribution is 7.03. The van der Waals surface area contributed by atoms with Crippen LogP contribution in [-0.4, -0.2) is 36.8 Å². The second-order valence-corrected chi connectivity index (χ2v) is 8.14. The average molecular weight is 437 g/mol. The molecule has 2 aromatic heterocycles. The van der Waals surface area contributed by atoms with Crippen molar-refractivity contribution < 1.29 is 5.11 Å². The summed E-state index contributed by atoms with van der Waals surface area (Å²) in [5, 5.41) is 18.2. The van der Waals surface area contributed by atoms with Gasteiger partial charge in [0.05, 0.1) is 51.7 Å². The number of aromatic amines is 1. The van der Waals surface area contributed by atoms with Crippen molar-refractivity contribution >= 4 is 46.6 Å². The smallest absolute Gasteiger partial charge is 0.108 e. The van der Waals surface area contributed by atoms with Gasteiger partial charge in [0.2, 0.25) is 0 Å². The number of aliphatic imine (C=N–C) groups is 3. The molecule has 0 aromatic carbocycles. The van der Waals surface area contributed by atoms with E-state index < -0.39 is 0 Å². The summed E-state index contributed by atoms with van der Waals surface area (Å²) in [6, 6.07) is 1.91. The highest BCUT2D eigenvalue weighted by Crippen LogP contribution is 2.18. The maximum atomic E-state index is 10.9. The fraction of sp³-hybridized carbons (Fsp3) is 0.0417. The lowest BCUT2D eigenvalue weighted by atomic mass is 10.2. The molecule has 2 aromatic rings. The summed E-state index contributed by atoms with van der Waals surface area (Å²) >= 11 is 1.26. The molecule has 2 N–H and O–H groups in total. The zero-order chi connectivity index (χ0) is 21.5. The Balaban J connectivity index is 1.54. The van der Waals surface area contributed by atoms with Crippen LogP contribution in [0.2, 0.25) is 0 Å². The number of hydrogen-bond acceptors (Lipinski definition) is 7. The molecular formula is C24H16N6OS. The standard InChI is InChI=1S/C24H16N6OS/c31-24(12-21-13-32-30-29-21)22-10-20-9-18-4-3-16(26-18)7-14-1-2-15(25-14)8-17-5-6-19(27-17)11-23(22)28-20/h1-11,13,28,31H,12H2. The molecule has 8 heteroatoms. The number of aliphatic hydroxyl groups is 1. The lowest BCUT2D eigenvalue weighted by Crippen LogP contribution is -2.26. The first-order valence-electron chi connectivity index (χ1n) is 10.0. The Kier molecular flexibility index (Phi) is 4.36. The van der Waals surface area contributed by atoms with Crippen LogP contribution in [0.4, 0.5) is 0 Å². The number of nitrogens with one attached hydrogen (secondary N) is 1. The van der Waals surface area contributed by atoms with Gasteiger partial charge < -0.3 is 10.1 Å². The largest absolute Gasteiger partial charge is 0.511 e. The van der Waals surface area contributed by atoms with E-state index in [9.17, 15) is 5.11 Å². The molecule has 0 saturated carbocycles. The third kappa shape index (κ3) is 3.67. The van der Waals surface area contributed by atoms with E-state index in [2.05, 4.69) is 29.5 Å². The number of fused-ring (bicyclic) bond motifs is 5. The lowest BCUT2D eigenvalue weighted by molar-refractivity contribution is 0.485. The van der Waals surface area contributed by atoms with Gasteiger partial charge in [-0.2, -0.15) is 0 Å². The Bertz CT molecular complexity index is 1540. The van der Waals surface area contributed by atoms with Crippen molar-refractivity contribution in [3.8, 4) is 0 Å². The predicted octanol–water partition coefficient (Wildman–Crippen LogP) is 2.71. The molecule has 0 radical (unpaired) electrons.